The maximum atomic E-state index is 11.0. The summed E-state index contributed by atoms with van der Waals surface area (Å²) in [6.45, 7) is 4.52. The lowest BCUT2D eigenvalue weighted by atomic mass is 10.0. The highest BCUT2D eigenvalue weighted by atomic mass is 16.5. The number of nitrogens with zero attached hydrogens (tertiary/aromatic N) is 2. The van der Waals surface area contributed by atoms with Crippen molar-refractivity contribution < 1.29 is 9.53 Å². The monoisotopic (exact) mass is 222 g/mol. The molecule has 0 spiro atoms. The Balaban J connectivity index is 2.15. The Morgan fingerprint density at radius 2 is 2.56 bits per heavy atom. The van der Waals surface area contributed by atoms with E-state index in [0.29, 0.717) is 12.5 Å². The summed E-state index contributed by atoms with van der Waals surface area (Å²) < 4.78 is 7.23. The van der Waals surface area contributed by atoms with Crippen LogP contribution in [-0.4, -0.2) is 29.3 Å². The molecule has 4 nitrogen and oxygen atoms in total. The van der Waals surface area contributed by atoms with Gasteiger partial charge in [0.05, 0.1) is 17.9 Å². The second kappa shape index (κ2) is 5.25. The summed E-state index contributed by atoms with van der Waals surface area (Å²) >= 11 is 0. The number of rotatable bonds is 5. The van der Waals surface area contributed by atoms with E-state index in [2.05, 4.69) is 12.0 Å². The van der Waals surface area contributed by atoms with Crippen LogP contribution in [0.2, 0.25) is 0 Å². The lowest BCUT2D eigenvalue weighted by molar-refractivity contribution is 0.112. The van der Waals surface area contributed by atoms with Crippen LogP contribution >= 0.6 is 0 Å². The highest BCUT2D eigenvalue weighted by molar-refractivity contribution is 5.76. The summed E-state index contributed by atoms with van der Waals surface area (Å²) in [6, 6.07) is 0. The largest absolute Gasteiger partial charge is 0.381 e. The molecule has 1 saturated heterocycles. The second-order valence-electron chi connectivity index (χ2n) is 4.26. The van der Waals surface area contributed by atoms with Gasteiger partial charge in [-0.05, 0) is 12.8 Å². The van der Waals surface area contributed by atoms with Gasteiger partial charge >= 0.3 is 0 Å². The molecular weight excluding hydrogens is 204 g/mol. The van der Waals surface area contributed by atoms with Gasteiger partial charge in [0.2, 0.25) is 0 Å². The molecule has 0 amide bonds. The number of hydrogen-bond acceptors (Lipinski definition) is 3. The van der Waals surface area contributed by atoms with Gasteiger partial charge in [-0.2, -0.15) is 5.10 Å². The van der Waals surface area contributed by atoms with Crippen molar-refractivity contribution in [3.8, 4) is 0 Å². The van der Waals surface area contributed by atoms with Gasteiger partial charge in [-0.3, -0.25) is 9.48 Å². The normalized spacial score (nSPS) is 20.2. The van der Waals surface area contributed by atoms with Gasteiger partial charge < -0.3 is 4.74 Å². The maximum Gasteiger partial charge on any atom is 0.153 e. The number of aryl methyl sites for hydroxylation is 1. The van der Waals surface area contributed by atoms with Crippen LogP contribution in [0.5, 0.6) is 0 Å². The standard InChI is InChI=1S/C12H18N2O2/c1-2-3-5-14-7-11(8-15)12(13-14)10-4-6-16-9-10/h7-8,10H,2-6,9H2,1H3. The van der Waals surface area contributed by atoms with Crippen molar-refractivity contribution >= 4 is 6.29 Å². The van der Waals surface area contributed by atoms with E-state index in [4.69, 9.17) is 4.74 Å². The minimum Gasteiger partial charge on any atom is -0.381 e. The molecule has 4 heteroatoms. The van der Waals surface area contributed by atoms with Gasteiger partial charge in [0.1, 0.15) is 0 Å². The van der Waals surface area contributed by atoms with Crippen molar-refractivity contribution in [1.29, 1.82) is 0 Å². The topological polar surface area (TPSA) is 44.1 Å². The summed E-state index contributed by atoms with van der Waals surface area (Å²) in [6.07, 6.45) is 5.98. The molecule has 1 aromatic rings. The average molecular weight is 222 g/mol. The molecule has 1 aliphatic rings. The van der Waals surface area contributed by atoms with Crippen LogP contribution in [0.1, 0.15) is 48.2 Å². The molecule has 2 heterocycles. The Bertz CT molecular complexity index is 354. The Morgan fingerprint density at radius 1 is 1.69 bits per heavy atom. The first-order valence-corrected chi connectivity index (χ1v) is 5.95. The van der Waals surface area contributed by atoms with E-state index >= 15 is 0 Å². The molecule has 0 radical (unpaired) electrons. The Labute approximate surface area is 95.6 Å². The van der Waals surface area contributed by atoms with E-state index in [1.165, 1.54) is 0 Å². The van der Waals surface area contributed by atoms with Crippen LogP contribution in [0.4, 0.5) is 0 Å². The van der Waals surface area contributed by atoms with Gasteiger partial charge in [-0.15, -0.1) is 0 Å². The van der Waals surface area contributed by atoms with E-state index < -0.39 is 0 Å². The summed E-state index contributed by atoms with van der Waals surface area (Å²) in [5.41, 5.74) is 1.65. The highest BCUT2D eigenvalue weighted by Crippen LogP contribution is 2.26. The third-order valence-corrected chi connectivity index (χ3v) is 3.00. The fourth-order valence-corrected chi connectivity index (χ4v) is 2.04. The summed E-state index contributed by atoms with van der Waals surface area (Å²) in [7, 11) is 0. The van der Waals surface area contributed by atoms with Crippen LogP contribution in [0.3, 0.4) is 0 Å². The van der Waals surface area contributed by atoms with Gasteiger partial charge in [0.25, 0.3) is 0 Å². The highest BCUT2D eigenvalue weighted by Gasteiger charge is 2.23. The molecule has 16 heavy (non-hydrogen) atoms. The van der Waals surface area contributed by atoms with Gasteiger partial charge in [-0.25, -0.2) is 0 Å². The lowest BCUT2D eigenvalue weighted by Gasteiger charge is -2.03. The fourth-order valence-electron chi connectivity index (χ4n) is 2.04. The number of carbonyl (C=O) groups is 1. The molecular formula is C12H18N2O2. The van der Waals surface area contributed by atoms with Crippen LogP contribution in [0.25, 0.3) is 0 Å². The zero-order chi connectivity index (χ0) is 11.4. The first kappa shape index (κ1) is 11.3. The van der Waals surface area contributed by atoms with Crippen LogP contribution < -0.4 is 0 Å². The molecule has 0 saturated carbocycles. The molecule has 1 aliphatic heterocycles. The van der Waals surface area contributed by atoms with Crippen molar-refractivity contribution in [3.05, 3.63) is 17.5 Å². The maximum absolute atomic E-state index is 11.0. The van der Waals surface area contributed by atoms with Crippen LogP contribution in [-0.2, 0) is 11.3 Å². The zero-order valence-corrected chi connectivity index (χ0v) is 9.69. The van der Waals surface area contributed by atoms with Crippen LogP contribution in [0.15, 0.2) is 6.20 Å². The zero-order valence-electron chi connectivity index (χ0n) is 9.69. The Hall–Kier alpha value is -1.16. The van der Waals surface area contributed by atoms with E-state index in [1.807, 2.05) is 10.9 Å². The minimum absolute atomic E-state index is 0.308. The van der Waals surface area contributed by atoms with E-state index in [9.17, 15) is 4.79 Å². The molecule has 1 unspecified atom stereocenters. The molecule has 0 aromatic carbocycles. The molecule has 1 atom stereocenters. The Kier molecular flexibility index (Phi) is 3.72. The fraction of sp³-hybridized carbons (Fsp3) is 0.667. The van der Waals surface area contributed by atoms with Gasteiger partial charge in [0, 0.05) is 25.3 Å². The third kappa shape index (κ3) is 2.32. The van der Waals surface area contributed by atoms with E-state index in [-0.39, 0.29) is 0 Å². The number of unbranched alkanes of at least 4 members (excludes halogenated alkanes) is 1. The van der Waals surface area contributed by atoms with Crippen molar-refractivity contribution in [2.45, 2.75) is 38.6 Å². The number of carbonyl (C=O) groups excluding carboxylic acids is 1. The van der Waals surface area contributed by atoms with Crippen molar-refractivity contribution in [2.24, 2.45) is 0 Å². The molecule has 88 valence electrons. The summed E-state index contributed by atoms with van der Waals surface area (Å²) in [4.78, 5) is 11.0. The average Bonchev–Trinajstić information content (AvgIpc) is 2.94. The quantitative estimate of drug-likeness (QED) is 0.716. The van der Waals surface area contributed by atoms with Crippen molar-refractivity contribution in [2.75, 3.05) is 13.2 Å². The van der Waals surface area contributed by atoms with Crippen molar-refractivity contribution in [3.63, 3.8) is 0 Å². The first-order chi connectivity index (χ1) is 7.85. The summed E-state index contributed by atoms with van der Waals surface area (Å²) in [5.74, 6) is 0.308. The predicted molar refractivity (Wildman–Crippen MR) is 60.7 cm³/mol. The van der Waals surface area contributed by atoms with E-state index in [0.717, 1.165) is 50.0 Å². The van der Waals surface area contributed by atoms with Crippen molar-refractivity contribution in [1.82, 2.24) is 9.78 Å². The summed E-state index contributed by atoms with van der Waals surface area (Å²) in [5, 5.41) is 4.51. The smallest absolute Gasteiger partial charge is 0.153 e. The first-order valence-electron chi connectivity index (χ1n) is 5.95. The minimum atomic E-state index is 0.308. The van der Waals surface area contributed by atoms with Crippen LogP contribution in [0, 0.1) is 0 Å². The SMILES string of the molecule is CCCCn1cc(C=O)c(C2CCOC2)n1. The lowest BCUT2D eigenvalue weighted by Crippen LogP contribution is -2.04. The third-order valence-electron chi connectivity index (χ3n) is 3.00. The molecule has 0 bridgehead atoms. The number of hydrogen-bond donors (Lipinski definition) is 0. The number of aldehydes is 1. The van der Waals surface area contributed by atoms with E-state index in [1.54, 1.807) is 0 Å². The molecule has 1 fully saturated rings. The second-order valence-corrected chi connectivity index (χ2v) is 4.26. The number of ether oxygens (including phenoxy) is 1. The Morgan fingerprint density at radius 3 is 3.19 bits per heavy atom. The van der Waals surface area contributed by atoms with Gasteiger partial charge in [0.15, 0.2) is 6.29 Å². The molecule has 1 aromatic heterocycles. The molecule has 0 N–H and O–H groups in total. The predicted octanol–water partition coefficient (Wildman–Crippen LogP) is 2.00. The molecule has 0 aliphatic carbocycles. The van der Waals surface area contributed by atoms with Gasteiger partial charge in [-0.1, -0.05) is 13.3 Å². The number of aromatic nitrogens is 2. The molecule has 2 rings (SSSR count).